The molecule has 7 heteroatoms. The van der Waals surface area contributed by atoms with Gasteiger partial charge in [-0.05, 0) is 17.0 Å². The van der Waals surface area contributed by atoms with Crippen LogP contribution in [0.1, 0.15) is 23.5 Å². The van der Waals surface area contributed by atoms with Crippen molar-refractivity contribution in [1.82, 2.24) is 20.6 Å². The third-order valence-corrected chi connectivity index (χ3v) is 5.07. The Hall–Kier alpha value is -1.87. The minimum Gasteiger partial charge on any atom is -0.356 e. The molecule has 0 radical (unpaired) electrons. The Kier molecular flexibility index (Phi) is 8.11. The molecule has 2 heterocycles. The molecule has 1 unspecified atom stereocenters. The predicted octanol–water partition coefficient (Wildman–Crippen LogP) is 4.22. The van der Waals surface area contributed by atoms with E-state index in [9.17, 15) is 0 Å². The average molecular weight is 481 g/mol. The standard InChI is InChI=1S/C19H23N5S.HI/c1-14(17-9-6-10-25-17)11-22-19(20-2)23-13-18-21-12-16(24-18)15-7-4-3-5-8-15;/h3-10,12,14H,11,13H2,1-2H3,(H,21,24)(H2,20,22,23);1H. The molecule has 0 spiro atoms. The Morgan fingerprint density at radius 2 is 2.00 bits per heavy atom. The number of aromatic nitrogens is 2. The van der Waals surface area contributed by atoms with Gasteiger partial charge in [-0.1, -0.05) is 43.3 Å². The van der Waals surface area contributed by atoms with Crippen LogP contribution in [0.2, 0.25) is 0 Å². The highest BCUT2D eigenvalue weighted by Gasteiger charge is 2.08. The van der Waals surface area contributed by atoms with Crippen LogP contribution in [0.25, 0.3) is 11.3 Å². The number of nitrogens with one attached hydrogen (secondary N) is 3. The van der Waals surface area contributed by atoms with Gasteiger partial charge in [-0.15, -0.1) is 35.3 Å². The Morgan fingerprint density at radius 3 is 2.69 bits per heavy atom. The van der Waals surface area contributed by atoms with Gasteiger partial charge in [0.25, 0.3) is 0 Å². The fourth-order valence-electron chi connectivity index (χ4n) is 2.53. The predicted molar refractivity (Wildman–Crippen MR) is 120 cm³/mol. The number of aliphatic imine (C=N–C) groups is 1. The first-order chi connectivity index (χ1) is 12.3. The van der Waals surface area contributed by atoms with Crippen LogP contribution >= 0.6 is 35.3 Å². The van der Waals surface area contributed by atoms with Crippen molar-refractivity contribution >= 4 is 41.3 Å². The monoisotopic (exact) mass is 481 g/mol. The van der Waals surface area contributed by atoms with Crippen LogP contribution in [0.15, 0.2) is 59.0 Å². The molecule has 0 saturated carbocycles. The van der Waals surface area contributed by atoms with Gasteiger partial charge in [-0.25, -0.2) is 4.98 Å². The summed E-state index contributed by atoms with van der Waals surface area (Å²) >= 11 is 1.79. The topological polar surface area (TPSA) is 65.1 Å². The second-order valence-corrected chi connectivity index (χ2v) is 6.81. The highest BCUT2D eigenvalue weighted by Crippen LogP contribution is 2.19. The fourth-order valence-corrected chi connectivity index (χ4v) is 3.31. The van der Waals surface area contributed by atoms with Crippen LogP contribution in [-0.4, -0.2) is 29.5 Å². The van der Waals surface area contributed by atoms with Crippen LogP contribution in [-0.2, 0) is 6.54 Å². The molecule has 138 valence electrons. The third-order valence-electron chi connectivity index (χ3n) is 3.96. The second-order valence-electron chi connectivity index (χ2n) is 5.83. The summed E-state index contributed by atoms with van der Waals surface area (Å²) in [6.45, 7) is 3.65. The summed E-state index contributed by atoms with van der Waals surface area (Å²) in [4.78, 5) is 13.4. The zero-order valence-corrected chi connectivity index (χ0v) is 18.0. The van der Waals surface area contributed by atoms with Crippen LogP contribution in [0.3, 0.4) is 0 Å². The van der Waals surface area contributed by atoms with E-state index in [-0.39, 0.29) is 24.0 Å². The lowest BCUT2D eigenvalue weighted by Crippen LogP contribution is -2.38. The number of nitrogens with zero attached hydrogens (tertiary/aromatic N) is 2. The van der Waals surface area contributed by atoms with Crippen molar-refractivity contribution in [3.05, 3.63) is 64.7 Å². The van der Waals surface area contributed by atoms with Crippen molar-refractivity contribution in [3.8, 4) is 11.3 Å². The highest BCUT2D eigenvalue weighted by atomic mass is 127. The minimum atomic E-state index is 0. The number of guanidine groups is 1. The highest BCUT2D eigenvalue weighted by molar-refractivity contribution is 14.0. The molecule has 0 bridgehead atoms. The van der Waals surface area contributed by atoms with Gasteiger partial charge in [-0.3, -0.25) is 4.99 Å². The average Bonchev–Trinajstić information content (AvgIpc) is 3.34. The van der Waals surface area contributed by atoms with Crippen LogP contribution < -0.4 is 10.6 Å². The summed E-state index contributed by atoms with van der Waals surface area (Å²) in [5.41, 5.74) is 2.15. The van der Waals surface area contributed by atoms with Crippen molar-refractivity contribution < 1.29 is 0 Å². The molecule has 0 aliphatic rings. The molecule has 0 amide bonds. The Bertz CT molecular complexity index is 798. The zero-order chi connectivity index (χ0) is 17.5. The number of rotatable bonds is 6. The van der Waals surface area contributed by atoms with Crippen LogP contribution in [0.4, 0.5) is 0 Å². The molecule has 0 aliphatic heterocycles. The maximum absolute atomic E-state index is 4.44. The van der Waals surface area contributed by atoms with Gasteiger partial charge in [0.15, 0.2) is 5.96 Å². The summed E-state index contributed by atoms with van der Waals surface area (Å²) in [6.07, 6.45) is 1.86. The third kappa shape index (κ3) is 5.57. The number of hydrogen-bond acceptors (Lipinski definition) is 3. The molecule has 0 saturated heterocycles. The number of hydrogen-bond donors (Lipinski definition) is 3. The summed E-state index contributed by atoms with van der Waals surface area (Å²) in [6, 6.07) is 14.4. The van der Waals surface area contributed by atoms with E-state index in [0.717, 1.165) is 29.6 Å². The normalized spacial score (nSPS) is 12.3. The Labute approximate surface area is 175 Å². The summed E-state index contributed by atoms with van der Waals surface area (Å²) < 4.78 is 0. The molecule has 0 aliphatic carbocycles. The minimum absolute atomic E-state index is 0. The van der Waals surface area contributed by atoms with E-state index in [0.29, 0.717) is 12.5 Å². The molecular weight excluding hydrogens is 457 g/mol. The fraction of sp³-hybridized carbons (Fsp3) is 0.263. The van der Waals surface area contributed by atoms with Gasteiger partial charge in [0, 0.05) is 24.4 Å². The molecule has 1 aromatic carbocycles. The number of halogens is 1. The number of imidazole rings is 1. The van der Waals surface area contributed by atoms with Crippen molar-refractivity contribution in [2.45, 2.75) is 19.4 Å². The maximum Gasteiger partial charge on any atom is 0.191 e. The lowest BCUT2D eigenvalue weighted by atomic mass is 10.1. The van der Waals surface area contributed by atoms with E-state index < -0.39 is 0 Å². The van der Waals surface area contributed by atoms with E-state index >= 15 is 0 Å². The van der Waals surface area contributed by atoms with Crippen LogP contribution in [0.5, 0.6) is 0 Å². The molecule has 1 atom stereocenters. The smallest absolute Gasteiger partial charge is 0.191 e. The largest absolute Gasteiger partial charge is 0.356 e. The van der Waals surface area contributed by atoms with E-state index in [2.05, 4.69) is 62.2 Å². The molecule has 3 aromatic rings. The molecule has 2 aromatic heterocycles. The molecule has 0 fully saturated rings. The first-order valence-corrected chi connectivity index (χ1v) is 9.21. The van der Waals surface area contributed by atoms with E-state index in [4.69, 9.17) is 0 Å². The molecular formula is C19H24IN5S. The van der Waals surface area contributed by atoms with E-state index in [1.807, 2.05) is 24.4 Å². The van der Waals surface area contributed by atoms with Crippen LogP contribution in [0, 0.1) is 0 Å². The van der Waals surface area contributed by atoms with Gasteiger partial charge < -0.3 is 15.6 Å². The first kappa shape index (κ1) is 20.4. The van der Waals surface area contributed by atoms with Crippen molar-refractivity contribution in [2.75, 3.05) is 13.6 Å². The SMILES string of the molecule is CN=C(NCc1ncc(-c2ccccc2)[nH]1)NCC(C)c1cccs1.I. The maximum atomic E-state index is 4.44. The number of H-pyrrole nitrogens is 1. The number of benzene rings is 1. The molecule has 3 rings (SSSR count). The molecule has 5 nitrogen and oxygen atoms in total. The number of aromatic amines is 1. The van der Waals surface area contributed by atoms with Gasteiger partial charge in [0.2, 0.25) is 0 Å². The Morgan fingerprint density at radius 1 is 1.19 bits per heavy atom. The summed E-state index contributed by atoms with van der Waals surface area (Å²) in [7, 11) is 1.78. The van der Waals surface area contributed by atoms with Gasteiger partial charge in [0.1, 0.15) is 5.82 Å². The summed E-state index contributed by atoms with van der Waals surface area (Å²) in [5.74, 6) is 2.11. The zero-order valence-electron chi connectivity index (χ0n) is 14.9. The van der Waals surface area contributed by atoms with E-state index in [1.165, 1.54) is 4.88 Å². The summed E-state index contributed by atoms with van der Waals surface area (Å²) in [5, 5.41) is 8.78. The lowest BCUT2D eigenvalue weighted by molar-refractivity contribution is 0.703. The quantitative estimate of drug-likeness (QED) is 0.281. The van der Waals surface area contributed by atoms with Gasteiger partial charge >= 0.3 is 0 Å². The van der Waals surface area contributed by atoms with E-state index in [1.54, 1.807) is 18.4 Å². The van der Waals surface area contributed by atoms with Crippen molar-refractivity contribution in [1.29, 1.82) is 0 Å². The van der Waals surface area contributed by atoms with Gasteiger partial charge in [0.05, 0.1) is 18.4 Å². The first-order valence-electron chi connectivity index (χ1n) is 8.33. The molecule has 3 N–H and O–H groups in total. The molecule has 26 heavy (non-hydrogen) atoms. The van der Waals surface area contributed by atoms with Crippen molar-refractivity contribution in [2.24, 2.45) is 4.99 Å². The van der Waals surface area contributed by atoms with Gasteiger partial charge in [-0.2, -0.15) is 0 Å². The lowest BCUT2D eigenvalue weighted by Gasteiger charge is -2.14. The Balaban J connectivity index is 0.00000243. The second kappa shape index (κ2) is 10.3. The van der Waals surface area contributed by atoms with Crippen molar-refractivity contribution in [3.63, 3.8) is 0 Å². The number of thiophene rings is 1.